The van der Waals surface area contributed by atoms with Gasteiger partial charge in [0.15, 0.2) is 5.69 Å². The van der Waals surface area contributed by atoms with Crippen molar-refractivity contribution in [2.24, 2.45) is 5.84 Å². The maximum atomic E-state index is 11.2. The molecule has 20 heavy (non-hydrogen) atoms. The number of hydrogen-bond donors (Lipinski definition) is 3. The van der Waals surface area contributed by atoms with Gasteiger partial charge in [-0.05, 0) is 18.6 Å². The number of thioether (sulfide) groups is 1. The van der Waals surface area contributed by atoms with Gasteiger partial charge in [-0.1, -0.05) is 17.3 Å². The van der Waals surface area contributed by atoms with Gasteiger partial charge in [-0.2, -0.15) is 0 Å². The number of amides is 1. The zero-order valence-corrected chi connectivity index (χ0v) is 11.9. The smallest absolute Gasteiger partial charge is 0.287 e. The minimum absolute atomic E-state index is 0.201. The second-order valence-electron chi connectivity index (χ2n) is 4.18. The molecule has 2 aromatic rings. The van der Waals surface area contributed by atoms with E-state index in [1.807, 2.05) is 30.5 Å². The lowest BCUT2D eigenvalue weighted by Crippen LogP contribution is -2.30. The fourth-order valence-electron chi connectivity index (χ4n) is 1.61. The number of nitrogen functional groups attached to an aromatic ring is 2. The van der Waals surface area contributed by atoms with E-state index in [0.717, 1.165) is 21.9 Å². The molecule has 5 N–H and O–H groups in total. The van der Waals surface area contributed by atoms with Gasteiger partial charge >= 0.3 is 0 Å². The van der Waals surface area contributed by atoms with E-state index in [1.54, 1.807) is 22.6 Å². The summed E-state index contributed by atoms with van der Waals surface area (Å²) in [6.45, 7) is 2.61. The molecule has 0 aliphatic carbocycles. The van der Waals surface area contributed by atoms with Gasteiger partial charge in [0.2, 0.25) is 0 Å². The van der Waals surface area contributed by atoms with Crippen molar-refractivity contribution in [3.63, 3.8) is 0 Å². The largest absolute Gasteiger partial charge is 0.398 e. The van der Waals surface area contributed by atoms with Crippen molar-refractivity contribution >= 4 is 23.4 Å². The number of carbonyl (C=O) groups is 1. The Morgan fingerprint density at radius 1 is 1.50 bits per heavy atom. The van der Waals surface area contributed by atoms with Crippen LogP contribution in [-0.2, 0) is 6.54 Å². The Balaban J connectivity index is 1.91. The van der Waals surface area contributed by atoms with E-state index in [-0.39, 0.29) is 5.69 Å². The van der Waals surface area contributed by atoms with Crippen LogP contribution < -0.4 is 17.0 Å². The van der Waals surface area contributed by atoms with Crippen LogP contribution in [0.4, 0.5) is 5.69 Å². The molecule has 8 heteroatoms. The van der Waals surface area contributed by atoms with Crippen molar-refractivity contribution in [1.29, 1.82) is 0 Å². The number of anilines is 1. The van der Waals surface area contributed by atoms with E-state index in [9.17, 15) is 4.79 Å². The summed E-state index contributed by atoms with van der Waals surface area (Å²) < 4.78 is 1.60. The SMILES string of the molecule is Cc1cccc(SCCn2cc(C(=O)NN)nn2)c1N. The van der Waals surface area contributed by atoms with Crippen LogP contribution in [0.5, 0.6) is 0 Å². The van der Waals surface area contributed by atoms with Crippen LogP contribution >= 0.6 is 11.8 Å². The molecule has 0 aliphatic heterocycles. The number of carbonyl (C=O) groups excluding carboxylic acids is 1. The Kier molecular flexibility index (Phi) is 4.59. The summed E-state index contributed by atoms with van der Waals surface area (Å²) in [5.74, 6) is 5.35. The van der Waals surface area contributed by atoms with Crippen LogP contribution in [0.25, 0.3) is 0 Å². The number of nitrogens with two attached hydrogens (primary N) is 2. The molecule has 0 bridgehead atoms. The first kappa shape index (κ1) is 14.4. The van der Waals surface area contributed by atoms with Crippen LogP contribution in [-0.4, -0.2) is 26.7 Å². The number of hydrazine groups is 1. The van der Waals surface area contributed by atoms with Crippen molar-refractivity contribution in [3.05, 3.63) is 35.7 Å². The number of benzene rings is 1. The van der Waals surface area contributed by atoms with Gasteiger partial charge in [0.25, 0.3) is 5.91 Å². The molecule has 1 aromatic heterocycles. The molecule has 0 atom stereocenters. The van der Waals surface area contributed by atoms with E-state index >= 15 is 0 Å². The van der Waals surface area contributed by atoms with Gasteiger partial charge in [-0.15, -0.1) is 16.9 Å². The van der Waals surface area contributed by atoms with E-state index in [1.165, 1.54) is 0 Å². The Morgan fingerprint density at radius 2 is 2.30 bits per heavy atom. The first-order chi connectivity index (χ1) is 9.61. The lowest BCUT2D eigenvalue weighted by atomic mass is 10.2. The Hall–Kier alpha value is -2.06. The van der Waals surface area contributed by atoms with Gasteiger partial charge in [-0.25, -0.2) is 5.84 Å². The number of aryl methyl sites for hydroxylation is 2. The molecule has 0 saturated heterocycles. The summed E-state index contributed by atoms with van der Waals surface area (Å²) in [5.41, 5.74) is 10.1. The number of para-hydroxylation sites is 1. The fraction of sp³-hybridized carbons (Fsp3) is 0.250. The zero-order chi connectivity index (χ0) is 14.5. The van der Waals surface area contributed by atoms with Crippen LogP contribution in [0.2, 0.25) is 0 Å². The minimum atomic E-state index is -0.452. The van der Waals surface area contributed by atoms with E-state index in [4.69, 9.17) is 11.6 Å². The lowest BCUT2D eigenvalue weighted by Gasteiger charge is -2.07. The quantitative estimate of drug-likeness (QED) is 0.244. The molecule has 0 spiro atoms. The van der Waals surface area contributed by atoms with Crippen molar-refractivity contribution in [3.8, 4) is 0 Å². The summed E-state index contributed by atoms with van der Waals surface area (Å²) in [4.78, 5) is 12.3. The fourth-order valence-corrected chi connectivity index (χ4v) is 2.60. The van der Waals surface area contributed by atoms with Gasteiger partial charge in [0.1, 0.15) is 0 Å². The number of rotatable bonds is 5. The number of nitrogens with one attached hydrogen (secondary N) is 1. The molecule has 1 amide bonds. The van der Waals surface area contributed by atoms with Crippen LogP contribution in [0.3, 0.4) is 0 Å². The first-order valence-corrected chi connectivity index (χ1v) is 6.99. The van der Waals surface area contributed by atoms with Crippen LogP contribution in [0.1, 0.15) is 16.1 Å². The number of hydrogen-bond acceptors (Lipinski definition) is 6. The van der Waals surface area contributed by atoms with Gasteiger partial charge in [0, 0.05) is 16.3 Å². The molecule has 106 valence electrons. The topological polar surface area (TPSA) is 112 Å². The second kappa shape index (κ2) is 6.40. The summed E-state index contributed by atoms with van der Waals surface area (Å²) in [5, 5.41) is 7.59. The molecule has 0 aliphatic rings. The molecule has 1 heterocycles. The maximum absolute atomic E-state index is 11.2. The molecular weight excluding hydrogens is 276 g/mol. The lowest BCUT2D eigenvalue weighted by molar-refractivity contribution is 0.0948. The summed E-state index contributed by atoms with van der Waals surface area (Å²) in [7, 11) is 0. The first-order valence-electron chi connectivity index (χ1n) is 6.00. The molecule has 0 unspecified atom stereocenters. The highest BCUT2D eigenvalue weighted by molar-refractivity contribution is 7.99. The molecule has 0 radical (unpaired) electrons. The standard InChI is InChI=1S/C12H16N6OS/c1-8-3-2-4-10(11(8)13)20-6-5-18-7-9(16-17-18)12(19)15-14/h2-4,7H,5-6,13-14H2,1H3,(H,15,19). The average molecular weight is 292 g/mol. The Labute approximate surface area is 120 Å². The van der Waals surface area contributed by atoms with Crippen molar-refractivity contribution in [2.45, 2.75) is 18.4 Å². The van der Waals surface area contributed by atoms with E-state index in [0.29, 0.717) is 6.54 Å². The number of aromatic nitrogens is 3. The third kappa shape index (κ3) is 3.28. The second-order valence-corrected chi connectivity index (χ2v) is 5.31. The normalized spacial score (nSPS) is 10.5. The van der Waals surface area contributed by atoms with Crippen LogP contribution in [0, 0.1) is 6.92 Å². The van der Waals surface area contributed by atoms with E-state index < -0.39 is 5.91 Å². The van der Waals surface area contributed by atoms with Crippen molar-refractivity contribution in [2.75, 3.05) is 11.5 Å². The van der Waals surface area contributed by atoms with E-state index in [2.05, 4.69) is 10.3 Å². The van der Waals surface area contributed by atoms with Gasteiger partial charge < -0.3 is 5.73 Å². The van der Waals surface area contributed by atoms with Gasteiger partial charge in [-0.3, -0.25) is 14.9 Å². The molecule has 0 fully saturated rings. The predicted octanol–water partition coefficient (Wildman–Crippen LogP) is 0.565. The molecule has 2 rings (SSSR count). The average Bonchev–Trinajstić information content (AvgIpc) is 2.91. The Morgan fingerprint density at radius 3 is 3.05 bits per heavy atom. The van der Waals surface area contributed by atoms with Crippen molar-refractivity contribution < 1.29 is 4.79 Å². The summed E-state index contributed by atoms with van der Waals surface area (Å²) in [6, 6.07) is 5.95. The number of nitrogens with zero attached hydrogens (tertiary/aromatic N) is 3. The van der Waals surface area contributed by atoms with Gasteiger partial charge in [0.05, 0.1) is 12.7 Å². The molecule has 1 aromatic carbocycles. The minimum Gasteiger partial charge on any atom is -0.398 e. The zero-order valence-electron chi connectivity index (χ0n) is 11.0. The highest BCUT2D eigenvalue weighted by Gasteiger charge is 2.09. The predicted molar refractivity (Wildman–Crippen MR) is 78.0 cm³/mol. The Bertz CT molecular complexity index is 612. The maximum Gasteiger partial charge on any atom is 0.287 e. The molecular formula is C12H16N6OS. The third-order valence-corrected chi connectivity index (χ3v) is 3.82. The van der Waals surface area contributed by atoms with Crippen LogP contribution in [0.15, 0.2) is 29.3 Å². The highest BCUT2D eigenvalue weighted by Crippen LogP contribution is 2.27. The molecule has 0 saturated carbocycles. The van der Waals surface area contributed by atoms with Crippen molar-refractivity contribution in [1.82, 2.24) is 20.4 Å². The third-order valence-electron chi connectivity index (χ3n) is 2.76. The summed E-state index contributed by atoms with van der Waals surface area (Å²) in [6.07, 6.45) is 1.56. The monoisotopic (exact) mass is 292 g/mol. The highest BCUT2D eigenvalue weighted by atomic mass is 32.2. The summed E-state index contributed by atoms with van der Waals surface area (Å²) >= 11 is 1.64. The molecule has 7 nitrogen and oxygen atoms in total.